The Kier molecular flexibility index (Phi) is 4.22. The van der Waals surface area contributed by atoms with Gasteiger partial charge in [0.15, 0.2) is 9.84 Å². The number of benzene rings is 2. The van der Waals surface area contributed by atoms with Crippen LogP contribution in [0.25, 0.3) is 0 Å². The topological polar surface area (TPSA) is 76.2 Å². The average molecular weight is 388 g/mol. The predicted octanol–water partition coefficient (Wildman–Crippen LogP) is 2.32. The molecule has 2 saturated heterocycles. The third-order valence-electron chi connectivity index (χ3n) is 5.07. The molecule has 7 nitrogen and oxygen atoms in total. The van der Waals surface area contributed by atoms with Crippen LogP contribution in [0.3, 0.4) is 0 Å². The van der Waals surface area contributed by atoms with Crippen molar-refractivity contribution in [1.29, 1.82) is 0 Å². The van der Waals surface area contributed by atoms with E-state index in [1.165, 1.54) is 0 Å². The van der Waals surface area contributed by atoms with Gasteiger partial charge in [-0.25, -0.2) is 13.2 Å². The van der Waals surface area contributed by atoms with Gasteiger partial charge in [0.25, 0.3) is 0 Å². The molecule has 2 aliphatic rings. The fourth-order valence-electron chi connectivity index (χ4n) is 3.79. The lowest BCUT2D eigenvalue weighted by Gasteiger charge is -2.23. The Balaban J connectivity index is 1.75. The van der Waals surface area contributed by atoms with Gasteiger partial charge in [-0.3, -0.25) is 9.80 Å². The quantitative estimate of drug-likeness (QED) is 0.752. The van der Waals surface area contributed by atoms with Gasteiger partial charge in [0, 0.05) is 11.4 Å². The minimum Gasteiger partial charge on any atom is -0.497 e. The van der Waals surface area contributed by atoms with Crippen LogP contribution < -0.4 is 19.3 Å². The number of hydrogen-bond acceptors (Lipinski definition) is 5. The maximum absolute atomic E-state index is 13.2. The maximum Gasteiger partial charge on any atom is 0.329 e. The molecule has 2 atom stereocenters. The minimum absolute atomic E-state index is 0.0396. The second-order valence-corrected chi connectivity index (χ2v) is 8.78. The van der Waals surface area contributed by atoms with Crippen molar-refractivity contribution in [2.24, 2.45) is 0 Å². The molecular weight excluding hydrogens is 368 g/mol. The Labute approximate surface area is 158 Å². The molecule has 2 aromatic rings. The maximum atomic E-state index is 13.2. The standard InChI is InChI=1S/C19H20N2O5S/c1-25-15-7-3-13(4-8-15)20-17-11-27(23,24)12-18(17)21(19(20)22)14-5-9-16(26-2)10-6-14/h3-10,17-18H,11-12H2,1-2H3/t17-,18-/m1/s1. The van der Waals surface area contributed by atoms with Gasteiger partial charge < -0.3 is 9.47 Å². The molecule has 0 aliphatic carbocycles. The van der Waals surface area contributed by atoms with Gasteiger partial charge >= 0.3 is 6.03 Å². The highest BCUT2D eigenvalue weighted by Gasteiger charge is 2.54. The van der Waals surface area contributed by atoms with Crippen LogP contribution in [-0.4, -0.2) is 52.3 Å². The fraction of sp³-hybridized carbons (Fsp3) is 0.316. The summed E-state index contributed by atoms with van der Waals surface area (Å²) < 4.78 is 34.9. The van der Waals surface area contributed by atoms with Crippen LogP contribution >= 0.6 is 0 Å². The van der Waals surface area contributed by atoms with E-state index in [0.29, 0.717) is 22.9 Å². The highest BCUT2D eigenvalue weighted by molar-refractivity contribution is 7.91. The van der Waals surface area contributed by atoms with E-state index < -0.39 is 21.9 Å². The summed E-state index contributed by atoms with van der Waals surface area (Å²) in [5, 5.41) is 0. The Bertz CT molecular complexity index is 885. The highest BCUT2D eigenvalue weighted by Crippen LogP contribution is 2.38. The van der Waals surface area contributed by atoms with E-state index in [4.69, 9.17) is 9.47 Å². The Morgan fingerprint density at radius 1 is 0.778 bits per heavy atom. The van der Waals surface area contributed by atoms with E-state index in [9.17, 15) is 13.2 Å². The lowest BCUT2D eigenvalue weighted by molar-refractivity contribution is 0.255. The molecule has 142 valence electrons. The van der Waals surface area contributed by atoms with Gasteiger partial charge in [-0.15, -0.1) is 0 Å². The molecule has 2 amide bonds. The Morgan fingerprint density at radius 3 is 1.48 bits per heavy atom. The monoisotopic (exact) mass is 388 g/mol. The number of carbonyl (C=O) groups excluding carboxylic acids is 1. The number of carbonyl (C=O) groups is 1. The molecule has 2 fully saturated rings. The summed E-state index contributed by atoms with van der Waals surface area (Å²) >= 11 is 0. The molecule has 2 aromatic carbocycles. The van der Waals surface area contributed by atoms with E-state index in [0.717, 1.165) is 0 Å². The van der Waals surface area contributed by atoms with Crippen LogP contribution in [0.15, 0.2) is 48.5 Å². The van der Waals surface area contributed by atoms with E-state index >= 15 is 0 Å². The number of ether oxygens (including phenoxy) is 2. The second-order valence-electron chi connectivity index (χ2n) is 6.63. The molecule has 0 saturated carbocycles. The van der Waals surface area contributed by atoms with Gasteiger partial charge in [0.05, 0.1) is 37.8 Å². The number of anilines is 2. The Hall–Kier alpha value is -2.74. The number of methoxy groups -OCH3 is 2. The number of rotatable bonds is 4. The van der Waals surface area contributed by atoms with E-state index in [1.807, 2.05) is 0 Å². The lowest BCUT2D eigenvalue weighted by atomic mass is 10.1. The SMILES string of the molecule is COc1ccc(N2C(=O)N(c3ccc(OC)cc3)[C@@H]3CS(=O)(=O)C[C@H]32)cc1. The molecule has 2 heterocycles. The molecule has 8 heteroatoms. The molecule has 0 unspecified atom stereocenters. The number of urea groups is 1. The summed E-state index contributed by atoms with van der Waals surface area (Å²) in [6, 6.07) is 13.1. The fourth-order valence-corrected chi connectivity index (χ4v) is 5.71. The van der Waals surface area contributed by atoms with Crippen molar-refractivity contribution in [3.8, 4) is 11.5 Å². The molecular formula is C19H20N2O5S. The highest BCUT2D eigenvalue weighted by atomic mass is 32.2. The normalized spacial score (nSPS) is 23.4. The zero-order valence-corrected chi connectivity index (χ0v) is 15.8. The molecule has 27 heavy (non-hydrogen) atoms. The number of fused-ring (bicyclic) bond motifs is 1. The molecule has 0 spiro atoms. The first-order valence-corrected chi connectivity index (χ1v) is 10.4. The molecule has 0 aromatic heterocycles. The molecule has 0 radical (unpaired) electrons. The van der Waals surface area contributed by atoms with Crippen molar-refractivity contribution >= 4 is 27.2 Å². The molecule has 2 aliphatic heterocycles. The number of nitrogens with zero attached hydrogens (tertiary/aromatic N) is 2. The van der Waals surface area contributed by atoms with Crippen molar-refractivity contribution in [2.45, 2.75) is 12.1 Å². The van der Waals surface area contributed by atoms with Crippen molar-refractivity contribution in [3.05, 3.63) is 48.5 Å². The first-order chi connectivity index (χ1) is 12.9. The van der Waals surface area contributed by atoms with Crippen molar-refractivity contribution in [3.63, 3.8) is 0 Å². The first kappa shape index (κ1) is 17.7. The molecule has 4 rings (SSSR count). The van der Waals surface area contributed by atoms with Crippen LogP contribution in [0.4, 0.5) is 16.2 Å². The van der Waals surface area contributed by atoms with Gasteiger partial charge in [-0.2, -0.15) is 0 Å². The van der Waals surface area contributed by atoms with Crippen molar-refractivity contribution in [2.75, 3.05) is 35.5 Å². The summed E-state index contributed by atoms with van der Waals surface area (Å²) in [5.74, 6) is 1.27. The number of hydrogen-bond donors (Lipinski definition) is 0. The van der Waals surface area contributed by atoms with Crippen molar-refractivity contribution < 1.29 is 22.7 Å². The first-order valence-electron chi connectivity index (χ1n) is 8.54. The summed E-state index contributed by atoms with van der Waals surface area (Å²) in [5.41, 5.74) is 1.31. The summed E-state index contributed by atoms with van der Waals surface area (Å²) in [4.78, 5) is 16.4. The van der Waals surface area contributed by atoms with Crippen LogP contribution in [0.5, 0.6) is 11.5 Å². The second kappa shape index (κ2) is 6.45. The van der Waals surface area contributed by atoms with E-state index in [2.05, 4.69) is 0 Å². The smallest absolute Gasteiger partial charge is 0.329 e. The third kappa shape index (κ3) is 2.99. The lowest BCUT2D eigenvalue weighted by Crippen LogP contribution is -2.37. The van der Waals surface area contributed by atoms with Gasteiger partial charge in [-0.1, -0.05) is 0 Å². The van der Waals surface area contributed by atoms with Crippen LogP contribution in [0.1, 0.15) is 0 Å². The van der Waals surface area contributed by atoms with Crippen LogP contribution in [0, 0.1) is 0 Å². The predicted molar refractivity (Wildman–Crippen MR) is 103 cm³/mol. The summed E-state index contributed by atoms with van der Waals surface area (Å²) in [6.45, 7) is 0. The molecule has 0 N–H and O–H groups in total. The largest absolute Gasteiger partial charge is 0.497 e. The van der Waals surface area contributed by atoms with Crippen LogP contribution in [-0.2, 0) is 9.84 Å². The average Bonchev–Trinajstić information content (AvgIpc) is 3.10. The van der Waals surface area contributed by atoms with E-state index in [1.54, 1.807) is 72.6 Å². The molecule has 0 bridgehead atoms. The van der Waals surface area contributed by atoms with Crippen molar-refractivity contribution in [1.82, 2.24) is 0 Å². The third-order valence-corrected chi connectivity index (χ3v) is 6.77. The minimum atomic E-state index is -3.22. The van der Waals surface area contributed by atoms with Gasteiger partial charge in [-0.05, 0) is 48.5 Å². The summed E-state index contributed by atoms with van der Waals surface area (Å²) in [6.07, 6.45) is 0. The number of sulfone groups is 1. The zero-order chi connectivity index (χ0) is 19.2. The number of amides is 2. The zero-order valence-electron chi connectivity index (χ0n) is 15.0. The Morgan fingerprint density at radius 2 is 1.15 bits per heavy atom. The summed E-state index contributed by atoms with van der Waals surface area (Å²) in [7, 11) is -0.0805. The van der Waals surface area contributed by atoms with Crippen LogP contribution in [0.2, 0.25) is 0 Å². The van der Waals surface area contributed by atoms with E-state index in [-0.39, 0.29) is 17.5 Å². The van der Waals surface area contributed by atoms with Gasteiger partial charge in [0.2, 0.25) is 0 Å². The van der Waals surface area contributed by atoms with Gasteiger partial charge in [0.1, 0.15) is 11.5 Å².